The molecule has 34 heavy (non-hydrogen) atoms. The number of halogens is 1. The van der Waals surface area contributed by atoms with Crippen LogP contribution in [0.5, 0.6) is 11.5 Å². The SMILES string of the molecule is Cc1ccc(-c2[nH]nc(SCC(=O)N/N=C/c3ccc(O)cc3O)[n+]2-c2ccc(Cl)cc2)cc1. The molecule has 1 aromatic heterocycles. The molecule has 4 N–H and O–H groups in total. The molecule has 0 spiro atoms. The number of aromatic amines is 1. The smallest absolute Gasteiger partial charge is 0.342 e. The molecule has 0 fully saturated rings. The number of aromatic nitrogens is 3. The van der Waals surface area contributed by atoms with E-state index in [1.54, 1.807) is 12.1 Å². The van der Waals surface area contributed by atoms with E-state index in [0.717, 1.165) is 22.6 Å². The maximum absolute atomic E-state index is 12.3. The van der Waals surface area contributed by atoms with Gasteiger partial charge in [-0.3, -0.25) is 4.79 Å². The van der Waals surface area contributed by atoms with Crippen molar-refractivity contribution in [1.29, 1.82) is 0 Å². The van der Waals surface area contributed by atoms with Crippen molar-refractivity contribution in [2.75, 3.05) is 5.75 Å². The molecule has 0 unspecified atom stereocenters. The molecule has 0 saturated carbocycles. The standard InChI is InChI=1S/C24H20ClN5O3S/c1-15-2-4-16(5-3-15)23-28-29-24(30(23)19-9-7-18(25)8-10-19)34-14-22(33)27-26-13-17-6-11-20(31)12-21(17)32/h2-13H,14H2,1H3,(H3,26,27,31,32,33)/p+1. The Morgan fingerprint density at radius 2 is 1.88 bits per heavy atom. The summed E-state index contributed by atoms with van der Waals surface area (Å²) in [5.74, 6) is 0.280. The molecule has 0 aliphatic heterocycles. The third-order valence-corrected chi connectivity index (χ3v) is 6.01. The average Bonchev–Trinajstić information content (AvgIpc) is 3.24. The Morgan fingerprint density at radius 3 is 2.59 bits per heavy atom. The number of nitrogens with zero attached hydrogens (tertiary/aromatic N) is 3. The summed E-state index contributed by atoms with van der Waals surface area (Å²) >= 11 is 7.31. The Hall–Kier alpha value is -3.82. The van der Waals surface area contributed by atoms with Crippen molar-refractivity contribution in [3.8, 4) is 28.6 Å². The summed E-state index contributed by atoms with van der Waals surface area (Å²) in [5, 5.41) is 31.7. The van der Waals surface area contributed by atoms with Crippen LogP contribution in [0.2, 0.25) is 5.02 Å². The molecular formula is C24H21ClN5O3S+. The number of phenols is 2. The van der Waals surface area contributed by atoms with Crippen LogP contribution >= 0.6 is 23.4 Å². The average molecular weight is 495 g/mol. The Labute approximate surface area is 204 Å². The fourth-order valence-corrected chi connectivity index (χ4v) is 3.99. The van der Waals surface area contributed by atoms with Gasteiger partial charge in [-0.25, -0.2) is 5.43 Å². The lowest BCUT2D eigenvalue weighted by Gasteiger charge is -2.05. The number of thioether (sulfide) groups is 1. The van der Waals surface area contributed by atoms with Gasteiger partial charge >= 0.3 is 5.16 Å². The Kier molecular flexibility index (Phi) is 7.15. The fraction of sp³-hybridized carbons (Fsp3) is 0.0833. The number of carbonyl (C=O) groups is 1. The zero-order valence-corrected chi connectivity index (χ0v) is 19.6. The van der Waals surface area contributed by atoms with Crippen molar-refractivity contribution >= 4 is 35.5 Å². The van der Waals surface area contributed by atoms with Gasteiger partial charge in [0.25, 0.3) is 11.7 Å². The van der Waals surface area contributed by atoms with Gasteiger partial charge in [-0.2, -0.15) is 9.67 Å². The first-order chi connectivity index (χ1) is 16.4. The number of amides is 1. The second kappa shape index (κ2) is 10.4. The number of carbonyl (C=O) groups excluding carboxylic acids is 1. The van der Waals surface area contributed by atoms with E-state index < -0.39 is 0 Å². The van der Waals surface area contributed by atoms with Crippen molar-refractivity contribution in [3.63, 3.8) is 0 Å². The third kappa shape index (κ3) is 5.56. The minimum Gasteiger partial charge on any atom is -0.508 e. The number of benzene rings is 3. The van der Waals surface area contributed by atoms with Crippen LogP contribution in [0.15, 0.2) is 77.0 Å². The topological polar surface area (TPSA) is 114 Å². The van der Waals surface area contributed by atoms with E-state index in [9.17, 15) is 15.0 Å². The second-order valence-electron chi connectivity index (χ2n) is 7.36. The summed E-state index contributed by atoms with van der Waals surface area (Å²) in [7, 11) is 0. The molecule has 3 aromatic carbocycles. The Balaban J connectivity index is 1.51. The number of hydrogen-bond acceptors (Lipinski definition) is 6. The van der Waals surface area contributed by atoms with Gasteiger partial charge in [0, 0.05) is 16.7 Å². The van der Waals surface area contributed by atoms with E-state index in [1.807, 2.05) is 47.9 Å². The van der Waals surface area contributed by atoms with Gasteiger partial charge in [-0.1, -0.05) is 29.3 Å². The highest BCUT2D eigenvalue weighted by Crippen LogP contribution is 2.22. The molecule has 0 atom stereocenters. The van der Waals surface area contributed by atoms with E-state index >= 15 is 0 Å². The quantitative estimate of drug-likeness (QED) is 0.134. The normalized spacial score (nSPS) is 11.1. The minimum atomic E-state index is -0.345. The van der Waals surface area contributed by atoms with Gasteiger partial charge in [0.1, 0.15) is 17.2 Å². The monoisotopic (exact) mass is 494 g/mol. The second-order valence-corrected chi connectivity index (χ2v) is 8.74. The largest absolute Gasteiger partial charge is 0.508 e. The van der Waals surface area contributed by atoms with Crippen LogP contribution < -0.4 is 9.99 Å². The van der Waals surface area contributed by atoms with Gasteiger partial charge < -0.3 is 10.2 Å². The highest BCUT2D eigenvalue weighted by Gasteiger charge is 2.24. The number of aryl methyl sites for hydroxylation is 1. The first-order valence-electron chi connectivity index (χ1n) is 10.2. The zero-order chi connectivity index (χ0) is 24.1. The molecule has 4 aromatic rings. The van der Waals surface area contributed by atoms with Gasteiger partial charge in [0.05, 0.1) is 22.6 Å². The molecule has 0 aliphatic carbocycles. The molecule has 4 rings (SSSR count). The molecule has 0 saturated heterocycles. The van der Waals surface area contributed by atoms with E-state index in [1.165, 1.54) is 36.2 Å². The Morgan fingerprint density at radius 1 is 1.15 bits per heavy atom. The maximum atomic E-state index is 12.3. The van der Waals surface area contributed by atoms with Gasteiger partial charge in [0.15, 0.2) is 0 Å². The third-order valence-electron chi connectivity index (χ3n) is 4.82. The number of hydrazone groups is 1. The molecule has 1 heterocycles. The first kappa shape index (κ1) is 23.3. The number of phenolic OH excluding ortho intramolecular Hbond substituents is 2. The first-order valence-corrected chi connectivity index (χ1v) is 11.6. The lowest BCUT2D eigenvalue weighted by atomic mass is 10.1. The highest BCUT2D eigenvalue weighted by molar-refractivity contribution is 7.99. The van der Waals surface area contributed by atoms with Crippen LogP contribution in [0.1, 0.15) is 11.1 Å². The van der Waals surface area contributed by atoms with Gasteiger partial charge in [0.2, 0.25) is 0 Å². The van der Waals surface area contributed by atoms with Crippen molar-refractivity contribution in [2.45, 2.75) is 12.1 Å². The number of H-pyrrole nitrogens is 1. The van der Waals surface area contributed by atoms with Crippen molar-refractivity contribution in [2.24, 2.45) is 5.10 Å². The molecule has 8 nitrogen and oxygen atoms in total. The van der Waals surface area contributed by atoms with E-state index in [4.69, 9.17) is 11.6 Å². The van der Waals surface area contributed by atoms with Crippen molar-refractivity contribution in [1.82, 2.24) is 15.6 Å². The predicted octanol–water partition coefficient (Wildman–Crippen LogP) is 3.97. The van der Waals surface area contributed by atoms with E-state index in [0.29, 0.717) is 15.7 Å². The van der Waals surface area contributed by atoms with Crippen molar-refractivity contribution in [3.05, 3.63) is 82.9 Å². The van der Waals surface area contributed by atoms with Crippen LogP contribution in [-0.2, 0) is 4.79 Å². The van der Waals surface area contributed by atoms with E-state index in [-0.39, 0.29) is 23.2 Å². The lowest BCUT2D eigenvalue weighted by molar-refractivity contribution is -0.625. The van der Waals surface area contributed by atoms with Gasteiger partial charge in [-0.05, 0) is 67.2 Å². The van der Waals surface area contributed by atoms with Crippen LogP contribution in [0, 0.1) is 6.92 Å². The molecule has 0 aliphatic rings. The summed E-state index contributed by atoms with van der Waals surface area (Å²) in [6, 6.07) is 19.5. The highest BCUT2D eigenvalue weighted by atomic mass is 35.5. The number of nitrogens with one attached hydrogen (secondary N) is 2. The van der Waals surface area contributed by atoms with Crippen molar-refractivity contribution < 1.29 is 19.6 Å². The maximum Gasteiger partial charge on any atom is 0.342 e. The van der Waals surface area contributed by atoms with Crippen LogP contribution in [0.3, 0.4) is 0 Å². The van der Waals surface area contributed by atoms with E-state index in [2.05, 4.69) is 20.7 Å². The molecule has 0 radical (unpaired) electrons. The molecule has 1 amide bonds. The number of rotatable bonds is 7. The van der Waals surface area contributed by atoms with Crippen LogP contribution in [-0.4, -0.2) is 38.3 Å². The zero-order valence-electron chi connectivity index (χ0n) is 18.1. The molecular weight excluding hydrogens is 474 g/mol. The summed E-state index contributed by atoms with van der Waals surface area (Å²) in [6.07, 6.45) is 1.30. The number of aromatic hydroxyl groups is 2. The van der Waals surface area contributed by atoms with Crippen LogP contribution in [0.25, 0.3) is 17.1 Å². The summed E-state index contributed by atoms with van der Waals surface area (Å²) in [5.41, 5.74) is 5.73. The lowest BCUT2D eigenvalue weighted by Crippen LogP contribution is -2.34. The summed E-state index contributed by atoms with van der Waals surface area (Å²) in [6.45, 7) is 2.02. The number of hydrogen-bond donors (Lipinski definition) is 4. The molecule has 0 bridgehead atoms. The Bertz CT molecular complexity index is 1340. The summed E-state index contributed by atoms with van der Waals surface area (Å²) < 4.78 is 1.93. The van der Waals surface area contributed by atoms with Gasteiger partial charge in [-0.15, -0.1) is 5.10 Å². The van der Waals surface area contributed by atoms with Crippen LogP contribution in [0.4, 0.5) is 0 Å². The minimum absolute atomic E-state index is 0.0602. The molecule has 172 valence electrons. The summed E-state index contributed by atoms with van der Waals surface area (Å²) in [4.78, 5) is 12.3. The molecule has 10 heteroatoms. The fourth-order valence-electron chi connectivity index (χ4n) is 3.11. The predicted molar refractivity (Wildman–Crippen MR) is 132 cm³/mol.